The minimum atomic E-state index is 0.471. The summed E-state index contributed by atoms with van der Waals surface area (Å²) >= 11 is 1.81. The molecule has 0 bridgehead atoms. The third kappa shape index (κ3) is 5.95. The first-order chi connectivity index (χ1) is 9.33. The first-order valence-electron chi connectivity index (χ1n) is 7.58. The van der Waals surface area contributed by atoms with Crippen LogP contribution in [0.4, 0.5) is 0 Å². The van der Waals surface area contributed by atoms with Crippen molar-refractivity contribution in [1.82, 2.24) is 14.8 Å². The van der Waals surface area contributed by atoms with E-state index in [1.165, 1.54) is 44.9 Å². The number of aromatic nitrogens is 3. The summed E-state index contributed by atoms with van der Waals surface area (Å²) in [5.74, 6) is 2.03. The van der Waals surface area contributed by atoms with Crippen LogP contribution in [0.2, 0.25) is 0 Å². The Morgan fingerprint density at radius 1 is 1.00 bits per heavy atom. The maximum absolute atomic E-state index is 5.64. The summed E-state index contributed by atoms with van der Waals surface area (Å²) in [5, 5.41) is 9.36. The van der Waals surface area contributed by atoms with Gasteiger partial charge in [0.2, 0.25) is 0 Å². The fraction of sp³-hybridized carbons (Fsp3) is 0.857. The molecule has 2 N–H and O–H groups in total. The number of hydrogen-bond acceptors (Lipinski definition) is 4. The van der Waals surface area contributed by atoms with Crippen LogP contribution in [0.25, 0.3) is 0 Å². The van der Waals surface area contributed by atoms with Gasteiger partial charge < -0.3 is 10.3 Å². The largest absolute Gasteiger partial charge is 0.324 e. The molecule has 0 aliphatic carbocycles. The zero-order valence-electron chi connectivity index (χ0n) is 12.4. The molecule has 1 aromatic rings. The van der Waals surface area contributed by atoms with E-state index in [4.69, 9.17) is 5.73 Å². The predicted molar refractivity (Wildman–Crippen MR) is 82.3 cm³/mol. The van der Waals surface area contributed by atoms with Gasteiger partial charge in [-0.1, -0.05) is 57.2 Å². The summed E-state index contributed by atoms with van der Waals surface area (Å²) in [5.41, 5.74) is 5.64. The molecule has 0 aliphatic rings. The van der Waals surface area contributed by atoms with E-state index in [1.54, 1.807) is 0 Å². The predicted octanol–water partition coefficient (Wildman–Crippen LogP) is 3.60. The number of nitrogens with two attached hydrogens (primary N) is 1. The highest BCUT2D eigenvalue weighted by Gasteiger charge is 2.09. The molecule has 0 saturated carbocycles. The van der Waals surface area contributed by atoms with E-state index in [9.17, 15) is 0 Å². The maximum atomic E-state index is 5.64. The van der Waals surface area contributed by atoms with Crippen molar-refractivity contribution in [1.29, 1.82) is 0 Å². The van der Waals surface area contributed by atoms with E-state index in [-0.39, 0.29) is 0 Å². The van der Waals surface area contributed by atoms with Crippen molar-refractivity contribution in [2.24, 2.45) is 5.73 Å². The average Bonchev–Trinajstić information content (AvgIpc) is 2.83. The van der Waals surface area contributed by atoms with E-state index in [0.717, 1.165) is 23.3 Å². The zero-order valence-corrected chi connectivity index (χ0v) is 13.2. The van der Waals surface area contributed by atoms with Crippen molar-refractivity contribution in [2.45, 2.75) is 77.0 Å². The topological polar surface area (TPSA) is 56.7 Å². The molecule has 5 heteroatoms. The third-order valence-electron chi connectivity index (χ3n) is 3.27. The van der Waals surface area contributed by atoms with Crippen LogP contribution in [0.3, 0.4) is 0 Å². The molecule has 0 saturated heterocycles. The third-order valence-corrected chi connectivity index (χ3v) is 4.32. The van der Waals surface area contributed by atoms with Crippen LogP contribution < -0.4 is 5.73 Å². The second kappa shape index (κ2) is 10.3. The maximum Gasteiger partial charge on any atom is 0.191 e. The normalized spacial score (nSPS) is 11.1. The SMILES string of the molecule is CCCCCCCCCSc1nnc(CN)n1CC. The standard InChI is InChI=1S/C14H28N4S/c1-3-5-6-7-8-9-10-11-19-14-17-16-13(12-15)18(14)4-2/h3-12,15H2,1-2H3. The summed E-state index contributed by atoms with van der Waals surface area (Å²) in [7, 11) is 0. The molecule has 0 fully saturated rings. The Labute approximate surface area is 121 Å². The smallest absolute Gasteiger partial charge is 0.191 e. The Kier molecular flexibility index (Phi) is 8.91. The number of rotatable bonds is 11. The molecule has 0 amide bonds. The van der Waals surface area contributed by atoms with Crippen LogP contribution in [0.5, 0.6) is 0 Å². The lowest BCUT2D eigenvalue weighted by Gasteiger charge is -2.05. The lowest BCUT2D eigenvalue weighted by Crippen LogP contribution is -2.08. The van der Waals surface area contributed by atoms with Gasteiger partial charge in [0.25, 0.3) is 0 Å². The van der Waals surface area contributed by atoms with Crippen molar-refractivity contribution in [3.8, 4) is 0 Å². The van der Waals surface area contributed by atoms with E-state index in [0.29, 0.717) is 6.54 Å². The van der Waals surface area contributed by atoms with Gasteiger partial charge in [0, 0.05) is 12.3 Å². The van der Waals surface area contributed by atoms with Gasteiger partial charge in [-0.15, -0.1) is 10.2 Å². The van der Waals surface area contributed by atoms with Crippen LogP contribution in [-0.4, -0.2) is 20.5 Å². The average molecular weight is 284 g/mol. The molecular formula is C14H28N4S. The van der Waals surface area contributed by atoms with Gasteiger partial charge in [-0.05, 0) is 13.3 Å². The van der Waals surface area contributed by atoms with Gasteiger partial charge >= 0.3 is 0 Å². The van der Waals surface area contributed by atoms with Crippen LogP contribution in [0.15, 0.2) is 5.16 Å². The Morgan fingerprint density at radius 2 is 1.68 bits per heavy atom. The first-order valence-corrected chi connectivity index (χ1v) is 8.57. The second-order valence-corrected chi connectivity index (χ2v) is 5.88. The Balaban J connectivity index is 2.14. The summed E-state index contributed by atoms with van der Waals surface area (Å²) in [4.78, 5) is 0. The lowest BCUT2D eigenvalue weighted by molar-refractivity contribution is 0.603. The molecule has 19 heavy (non-hydrogen) atoms. The van der Waals surface area contributed by atoms with Gasteiger partial charge in [0.1, 0.15) is 5.82 Å². The van der Waals surface area contributed by atoms with E-state index >= 15 is 0 Å². The highest BCUT2D eigenvalue weighted by Crippen LogP contribution is 2.19. The summed E-state index contributed by atoms with van der Waals surface area (Å²) in [6.07, 6.45) is 9.47. The van der Waals surface area contributed by atoms with Gasteiger partial charge in [0.15, 0.2) is 5.16 Å². The molecule has 0 aliphatic heterocycles. The molecular weight excluding hydrogens is 256 g/mol. The van der Waals surface area contributed by atoms with Gasteiger partial charge in [-0.2, -0.15) is 0 Å². The second-order valence-electron chi connectivity index (χ2n) is 4.82. The van der Waals surface area contributed by atoms with Crippen LogP contribution in [-0.2, 0) is 13.1 Å². The summed E-state index contributed by atoms with van der Waals surface area (Å²) in [6.45, 7) is 5.74. The fourth-order valence-electron chi connectivity index (χ4n) is 2.12. The number of hydrogen-bond donors (Lipinski definition) is 1. The Morgan fingerprint density at radius 3 is 2.32 bits per heavy atom. The van der Waals surface area contributed by atoms with Crippen molar-refractivity contribution in [3.05, 3.63) is 5.82 Å². The summed E-state index contributed by atoms with van der Waals surface area (Å²) in [6, 6.07) is 0. The number of nitrogens with zero attached hydrogens (tertiary/aromatic N) is 3. The fourth-order valence-corrected chi connectivity index (χ4v) is 3.14. The minimum absolute atomic E-state index is 0.471. The van der Waals surface area contributed by atoms with Gasteiger partial charge in [-0.3, -0.25) is 0 Å². The van der Waals surface area contributed by atoms with E-state index in [1.807, 2.05) is 11.8 Å². The Hall–Kier alpha value is -0.550. The van der Waals surface area contributed by atoms with Crippen LogP contribution >= 0.6 is 11.8 Å². The first kappa shape index (κ1) is 16.5. The van der Waals surface area contributed by atoms with E-state index in [2.05, 4.69) is 28.6 Å². The highest BCUT2D eigenvalue weighted by molar-refractivity contribution is 7.99. The lowest BCUT2D eigenvalue weighted by atomic mass is 10.1. The number of unbranched alkanes of at least 4 members (excludes halogenated alkanes) is 6. The van der Waals surface area contributed by atoms with Gasteiger partial charge in [0.05, 0.1) is 6.54 Å². The van der Waals surface area contributed by atoms with Crippen molar-refractivity contribution in [3.63, 3.8) is 0 Å². The molecule has 4 nitrogen and oxygen atoms in total. The molecule has 0 unspecified atom stereocenters. The minimum Gasteiger partial charge on any atom is -0.324 e. The molecule has 0 atom stereocenters. The molecule has 0 spiro atoms. The molecule has 110 valence electrons. The molecule has 1 rings (SSSR count). The van der Waals surface area contributed by atoms with E-state index < -0.39 is 0 Å². The molecule has 1 aromatic heterocycles. The van der Waals surface area contributed by atoms with Gasteiger partial charge in [-0.25, -0.2) is 0 Å². The van der Waals surface area contributed by atoms with Crippen LogP contribution in [0, 0.1) is 0 Å². The number of thioether (sulfide) groups is 1. The molecule has 0 aromatic carbocycles. The van der Waals surface area contributed by atoms with Crippen molar-refractivity contribution >= 4 is 11.8 Å². The molecule has 1 heterocycles. The van der Waals surface area contributed by atoms with Crippen molar-refractivity contribution < 1.29 is 0 Å². The summed E-state index contributed by atoms with van der Waals surface area (Å²) < 4.78 is 2.12. The van der Waals surface area contributed by atoms with Crippen LogP contribution in [0.1, 0.15) is 64.6 Å². The quantitative estimate of drug-likeness (QED) is 0.498. The zero-order chi connectivity index (χ0) is 13.9. The van der Waals surface area contributed by atoms with Crippen molar-refractivity contribution in [2.75, 3.05) is 5.75 Å². The monoisotopic (exact) mass is 284 g/mol. The highest BCUT2D eigenvalue weighted by atomic mass is 32.2. The Bertz CT molecular complexity index is 338. The molecule has 0 radical (unpaired) electrons.